The van der Waals surface area contributed by atoms with Gasteiger partial charge in [0.05, 0.1) is 11.2 Å². The Kier molecular flexibility index (Phi) is 4.43. The summed E-state index contributed by atoms with van der Waals surface area (Å²) in [6.07, 6.45) is 0. The zero-order valence-corrected chi connectivity index (χ0v) is 10.2. The molecule has 0 aromatic heterocycles. The molecule has 1 rings (SSSR count). The molecule has 8 heteroatoms. The van der Waals surface area contributed by atoms with Crippen LogP contribution >= 0.6 is 23.2 Å². The van der Waals surface area contributed by atoms with Gasteiger partial charge in [0.1, 0.15) is 0 Å². The quantitative estimate of drug-likeness (QED) is 0.829. The Bertz CT molecular complexity index is 502. The van der Waals surface area contributed by atoms with Crippen LogP contribution in [0.4, 0.5) is 5.69 Å². The Morgan fingerprint density at radius 3 is 2.62 bits per heavy atom. The molecule has 0 aliphatic carbocycles. The zero-order chi connectivity index (χ0) is 12.2. The highest BCUT2D eigenvalue weighted by Crippen LogP contribution is 2.27. The lowest BCUT2D eigenvalue weighted by atomic mass is 10.3. The first kappa shape index (κ1) is 13.1. The van der Waals surface area contributed by atoms with Gasteiger partial charge in [-0.05, 0) is 23.7 Å². The number of benzene rings is 1. The van der Waals surface area contributed by atoms with Crippen LogP contribution in [-0.4, -0.2) is 8.42 Å². The smallest absolute Gasteiger partial charge is 0.296 e. The van der Waals surface area contributed by atoms with Gasteiger partial charge in [-0.25, -0.2) is 5.14 Å². The van der Waals surface area contributed by atoms with Crippen LogP contribution in [0.1, 0.15) is 0 Å². The Morgan fingerprint density at radius 2 is 2.06 bits per heavy atom. The van der Waals surface area contributed by atoms with Gasteiger partial charge in [0, 0.05) is 0 Å². The van der Waals surface area contributed by atoms with E-state index in [0.717, 1.165) is 5.54 Å². The minimum absolute atomic E-state index is 0.0923. The Morgan fingerprint density at radius 1 is 1.44 bits per heavy atom. The summed E-state index contributed by atoms with van der Waals surface area (Å²) in [6.45, 7) is 0. The Balaban J connectivity index is 3.01. The van der Waals surface area contributed by atoms with Gasteiger partial charge < -0.3 is 4.74 Å². The summed E-state index contributed by atoms with van der Waals surface area (Å²) in [4.78, 5) is 0. The number of para-hydroxylation sites is 2. The van der Waals surface area contributed by atoms with Crippen molar-refractivity contribution in [2.75, 3.05) is 4.72 Å². The first-order chi connectivity index (χ1) is 7.42. The van der Waals surface area contributed by atoms with Crippen molar-refractivity contribution in [1.82, 2.24) is 0 Å². The monoisotopic (exact) mass is 282 g/mol. The maximum atomic E-state index is 10.8. The van der Waals surface area contributed by atoms with E-state index in [9.17, 15) is 8.42 Å². The molecule has 5 nitrogen and oxygen atoms in total. The number of nitrogens with one attached hydrogen (secondary N) is 1. The highest BCUT2D eigenvalue weighted by atomic mass is 35.5. The average Bonchev–Trinajstić information content (AvgIpc) is 2.18. The zero-order valence-electron chi connectivity index (χ0n) is 7.85. The maximum absolute atomic E-state index is 10.8. The van der Waals surface area contributed by atoms with Crippen LogP contribution in [-0.2, 0) is 10.2 Å². The van der Waals surface area contributed by atoms with Crippen LogP contribution in [0.15, 0.2) is 35.0 Å². The van der Waals surface area contributed by atoms with Crippen LogP contribution in [0.25, 0.3) is 0 Å². The van der Waals surface area contributed by atoms with E-state index in [-0.39, 0.29) is 16.7 Å². The Hall–Kier alpha value is -0.950. The van der Waals surface area contributed by atoms with E-state index >= 15 is 0 Å². The largest absolute Gasteiger partial charge is 0.442 e. The summed E-state index contributed by atoms with van der Waals surface area (Å²) >= 11 is 10.8. The minimum Gasteiger partial charge on any atom is -0.442 e. The van der Waals surface area contributed by atoms with E-state index in [2.05, 4.69) is 4.72 Å². The normalized spacial score (nSPS) is 12.3. The molecule has 3 N–H and O–H groups in total. The van der Waals surface area contributed by atoms with Crippen LogP contribution in [0.3, 0.4) is 0 Å². The van der Waals surface area contributed by atoms with Crippen LogP contribution in [0.2, 0.25) is 0 Å². The van der Waals surface area contributed by atoms with Gasteiger partial charge >= 0.3 is 0 Å². The van der Waals surface area contributed by atoms with Gasteiger partial charge in [0.2, 0.25) is 5.22 Å². The van der Waals surface area contributed by atoms with Crippen molar-refractivity contribution in [3.8, 4) is 5.75 Å². The number of halogens is 2. The summed E-state index contributed by atoms with van der Waals surface area (Å²) in [5.74, 6) is 0.193. The van der Waals surface area contributed by atoms with Crippen molar-refractivity contribution >= 4 is 39.1 Å². The summed E-state index contributed by atoms with van der Waals surface area (Å²) in [7, 11) is -3.87. The van der Waals surface area contributed by atoms with Crippen molar-refractivity contribution in [2.24, 2.45) is 5.14 Å². The third-order valence-electron chi connectivity index (χ3n) is 1.43. The van der Waals surface area contributed by atoms with Crippen molar-refractivity contribution < 1.29 is 13.2 Å². The standard InChI is InChI=1S/C8H8Cl2N2O3S/c9-5-8(10)15-7-4-2-1-3-6(7)12-16(11,13)14/h1-5,12H,(H2,11,13,14). The lowest BCUT2D eigenvalue weighted by Gasteiger charge is -2.10. The molecule has 0 heterocycles. The Labute approximate surface area is 103 Å². The number of nitrogens with two attached hydrogens (primary N) is 1. The predicted octanol–water partition coefficient (Wildman–Crippen LogP) is 1.96. The highest BCUT2D eigenvalue weighted by molar-refractivity contribution is 7.90. The van der Waals surface area contributed by atoms with Gasteiger partial charge in [-0.3, -0.25) is 4.72 Å². The molecule has 0 saturated heterocycles. The second kappa shape index (κ2) is 5.40. The number of anilines is 1. The summed E-state index contributed by atoms with van der Waals surface area (Å²) in [5.41, 5.74) is 1.18. The predicted molar refractivity (Wildman–Crippen MR) is 63.6 cm³/mol. The molecule has 0 spiro atoms. The van der Waals surface area contributed by atoms with E-state index in [1.54, 1.807) is 12.1 Å². The fourth-order valence-corrected chi connectivity index (χ4v) is 1.52. The fraction of sp³-hybridized carbons (Fsp3) is 0. The number of hydrogen-bond donors (Lipinski definition) is 2. The molecule has 0 atom stereocenters. The lowest BCUT2D eigenvalue weighted by molar-refractivity contribution is 0.466. The van der Waals surface area contributed by atoms with Crippen molar-refractivity contribution in [2.45, 2.75) is 0 Å². The number of ether oxygens (including phenoxy) is 1. The van der Waals surface area contributed by atoms with E-state index in [1.165, 1.54) is 12.1 Å². The van der Waals surface area contributed by atoms with Crippen LogP contribution in [0, 0.1) is 0 Å². The van der Waals surface area contributed by atoms with E-state index in [4.69, 9.17) is 33.1 Å². The molecule has 88 valence electrons. The van der Waals surface area contributed by atoms with Crippen molar-refractivity contribution in [3.05, 3.63) is 35.0 Å². The van der Waals surface area contributed by atoms with Crippen molar-refractivity contribution in [3.63, 3.8) is 0 Å². The van der Waals surface area contributed by atoms with Gasteiger partial charge in [0.25, 0.3) is 10.2 Å². The van der Waals surface area contributed by atoms with Crippen molar-refractivity contribution in [1.29, 1.82) is 0 Å². The number of rotatable bonds is 4. The molecule has 0 bridgehead atoms. The molecule has 0 radical (unpaired) electrons. The number of hydrogen-bond acceptors (Lipinski definition) is 3. The van der Waals surface area contributed by atoms with Gasteiger partial charge in [-0.2, -0.15) is 8.42 Å². The van der Waals surface area contributed by atoms with Gasteiger partial charge in [-0.15, -0.1) is 0 Å². The van der Waals surface area contributed by atoms with Crippen LogP contribution < -0.4 is 14.6 Å². The minimum atomic E-state index is -3.87. The molecular weight excluding hydrogens is 275 g/mol. The van der Waals surface area contributed by atoms with Crippen LogP contribution in [0.5, 0.6) is 5.75 Å². The van der Waals surface area contributed by atoms with Gasteiger partial charge in [0.15, 0.2) is 5.75 Å². The maximum Gasteiger partial charge on any atom is 0.296 e. The highest BCUT2D eigenvalue weighted by Gasteiger charge is 2.09. The SMILES string of the molecule is NS(=O)(=O)Nc1ccccc1OC(Cl)=CCl. The molecule has 0 unspecified atom stereocenters. The molecule has 1 aromatic rings. The molecule has 0 saturated carbocycles. The molecule has 0 amide bonds. The first-order valence-corrected chi connectivity index (χ1v) is 6.32. The molecule has 0 aliphatic heterocycles. The van der Waals surface area contributed by atoms with Gasteiger partial charge in [-0.1, -0.05) is 23.7 Å². The first-order valence-electron chi connectivity index (χ1n) is 3.95. The summed E-state index contributed by atoms with van der Waals surface area (Å²) < 4.78 is 28.8. The summed E-state index contributed by atoms with van der Waals surface area (Å²) in [5, 5.41) is 4.74. The third kappa shape index (κ3) is 4.28. The second-order valence-corrected chi connectivity index (χ2v) is 4.54. The van der Waals surface area contributed by atoms with E-state index in [1.807, 2.05) is 0 Å². The fourth-order valence-electron chi connectivity index (χ4n) is 0.921. The molecule has 0 aliphatic rings. The summed E-state index contributed by atoms with van der Waals surface area (Å²) in [6, 6.07) is 6.23. The topological polar surface area (TPSA) is 81.4 Å². The molecule has 1 aromatic carbocycles. The third-order valence-corrected chi connectivity index (χ3v) is 2.43. The molecule has 0 fully saturated rings. The molecular formula is C8H8Cl2N2O3S. The van der Waals surface area contributed by atoms with E-state index in [0.29, 0.717) is 0 Å². The average molecular weight is 283 g/mol. The second-order valence-electron chi connectivity index (χ2n) is 2.66. The van der Waals surface area contributed by atoms with E-state index < -0.39 is 10.2 Å². The lowest BCUT2D eigenvalue weighted by Crippen LogP contribution is -2.22. The molecule has 16 heavy (non-hydrogen) atoms.